The number of nitrogens with zero attached hydrogens (tertiary/aromatic N) is 1. The predicted octanol–water partition coefficient (Wildman–Crippen LogP) is -1.37. The first kappa shape index (κ1) is 4.55. The van der Waals surface area contributed by atoms with Gasteiger partial charge in [-0.2, -0.15) is 0 Å². The molecule has 0 aromatic carbocycles. The third-order valence-corrected chi connectivity index (χ3v) is 0.936. The molecule has 1 aliphatic heterocycles. The third-order valence-electron chi connectivity index (χ3n) is 0.936. The lowest BCUT2D eigenvalue weighted by Gasteiger charge is -1.83. The zero-order chi connectivity index (χ0) is 5.44. The standard InChI is InChI=1S/C3H6N2O2/c4-5-1-2(5)3(6)7/h2H,1,4H2,(H,6,7). The minimum Gasteiger partial charge on any atom is -0.480 e. The van der Waals surface area contributed by atoms with Crippen LogP contribution in [-0.2, 0) is 4.79 Å². The Morgan fingerprint density at radius 1 is 2.00 bits per heavy atom. The van der Waals surface area contributed by atoms with E-state index in [2.05, 4.69) is 0 Å². The van der Waals surface area contributed by atoms with Gasteiger partial charge in [0.1, 0.15) is 6.04 Å². The molecule has 4 nitrogen and oxygen atoms in total. The van der Waals surface area contributed by atoms with Gasteiger partial charge < -0.3 is 5.11 Å². The van der Waals surface area contributed by atoms with Crippen molar-refractivity contribution in [3.05, 3.63) is 0 Å². The number of carbonyl (C=O) groups is 1. The first-order valence-corrected chi connectivity index (χ1v) is 1.96. The van der Waals surface area contributed by atoms with Gasteiger partial charge in [0.25, 0.3) is 0 Å². The summed E-state index contributed by atoms with van der Waals surface area (Å²) < 4.78 is 0. The normalized spacial score (nSPS) is 37.9. The van der Waals surface area contributed by atoms with Crippen LogP contribution in [0.2, 0.25) is 0 Å². The first-order chi connectivity index (χ1) is 3.22. The van der Waals surface area contributed by atoms with Gasteiger partial charge in [-0.05, 0) is 0 Å². The van der Waals surface area contributed by atoms with Crippen molar-refractivity contribution in [3.63, 3.8) is 0 Å². The van der Waals surface area contributed by atoms with E-state index in [0.717, 1.165) is 0 Å². The van der Waals surface area contributed by atoms with Crippen LogP contribution in [0.15, 0.2) is 0 Å². The Kier molecular flexibility index (Phi) is 0.765. The van der Waals surface area contributed by atoms with E-state index in [1.54, 1.807) is 0 Å². The smallest absolute Gasteiger partial charge is 0.323 e. The fourth-order valence-corrected chi connectivity index (χ4v) is 0.372. The van der Waals surface area contributed by atoms with Gasteiger partial charge in [-0.3, -0.25) is 10.6 Å². The highest BCUT2D eigenvalue weighted by Crippen LogP contribution is 2.08. The Bertz CT molecular complexity index is 103. The number of carboxylic acids is 1. The lowest BCUT2D eigenvalue weighted by Crippen LogP contribution is -2.16. The van der Waals surface area contributed by atoms with Crippen LogP contribution in [-0.4, -0.2) is 28.7 Å². The Labute approximate surface area is 40.5 Å². The van der Waals surface area contributed by atoms with Crippen LogP contribution in [0, 0.1) is 0 Å². The van der Waals surface area contributed by atoms with Gasteiger partial charge in [-0.25, -0.2) is 5.01 Å². The third kappa shape index (κ3) is 0.703. The van der Waals surface area contributed by atoms with Crippen molar-refractivity contribution >= 4 is 5.97 Å². The Balaban J connectivity index is 2.33. The molecule has 1 heterocycles. The van der Waals surface area contributed by atoms with Gasteiger partial charge in [0, 0.05) is 6.54 Å². The summed E-state index contributed by atoms with van der Waals surface area (Å²) in [5.41, 5.74) is 0. The molecule has 1 rings (SSSR count). The summed E-state index contributed by atoms with van der Waals surface area (Å²) in [6.45, 7) is 0.495. The van der Waals surface area contributed by atoms with Crippen LogP contribution < -0.4 is 5.84 Å². The molecule has 0 spiro atoms. The summed E-state index contributed by atoms with van der Waals surface area (Å²) in [6, 6.07) is -0.403. The molecule has 7 heavy (non-hydrogen) atoms. The van der Waals surface area contributed by atoms with Crippen molar-refractivity contribution in [2.45, 2.75) is 6.04 Å². The summed E-state index contributed by atoms with van der Waals surface area (Å²) >= 11 is 0. The number of hydrogen-bond acceptors (Lipinski definition) is 3. The van der Waals surface area contributed by atoms with Crippen molar-refractivity contribution in [2.75, 3.05) is 6.54 Å². The average Bonchev–Trinajstić information content (AvgIpc) is 2.17. The lowest BCUT2D eigenvalue weighted by molar-refractivity contribution is -0.137. The summed E-state index contributed by atoms with van der Waals surface area (Å²) in [6.07, 6.45) is 0. The Morgan fingerprint density at radius 3 is 2.43 bits per heavy atom. The van der Waals surface area contributed by atoms with E-state index in [9.17, 15) is 4.79 Å². The molecule has 1 aliphatic rings. The van der Waals surface area contributed by atoms with Crippen LogP contribution >= 0.6 is 0 Å². The molecule has 2 atom stereocenters. The van der Waals surface area contributed by atoms with Gasteiger partial charge in [0.2, 0.25) is 0 Å². The molecule has 40 valence electrons. The van der Waals surface area contributed by atoms with Crippen molar-refractivity contribution < 1.29 is 9.90 Å². The van der Waals surface area contributed by atoms with Crippen LogP contribution in [0.5, 0.6) is 0 Å². The molecule has 0 aromatic rings. The zero-order valence-corrected chi connectivity index (χ0v) is 3.66. The minimum absolute atomic E-state index is 0.403. The van der Waals surface area contributed by atoms with E-state index in [1.807, 2.05) is 0 Å². The number of nitrogens with two attached hydrogens (primary N) is 1. The Hall–Kier alpha value is -0.610. The minimum atomic E-state index is -0.831. The van der Waals surface area contributed by atoms with Crippen LogP contribution in [0.4, 0.5) is 0 Å². The van der Waals surface area contributed by atoms with E-state index in [1.165, 1.54) is 5.01 Å². The number of aliphatic carboxylic acids is 1. The van der Waals surface area contributed by atoms with E-state index in [0.29, 0.717) is 6.54 Å². The largest absolute Gasteiger partial charge is 0.480 e. The van der Waals surface area contributed by atoms with E-state index in [4.69, 9.17) is 10.9 Å². The molecule has 1 fully saturated rings. The van der Waals surface area contributed by atoms with Gasteiger partial charge >= 0.3 is 5.97 Å². The molecule has 0 saturated carbocycles. The van der Waals surface area contributed by atoms with Gasteiger partial charge in [0.05, 0.1) is 0 Å². The van der Waals surface area contributed by atoms with Crippen molar-refractivity contribution in [1.82, 2.24) is 5.01 Å². The number of hydrogen-bond donors (Lipinski definition) is 2. The topological polar surface area (TPSA) is 66.3 Å². The van der Waals surface area contributed by atoms with E-state index >= 15 is 0 Å². The van der Waals surface area contributed by atoms with E-state index in [-0.39, 0.29) is 0 Å². The molecular formula is C3H6N2O2. The molecule has 4 heteroatoms. The zero-order valence-electron chi connectivity index (χ0n) is 3.66. The fraction of sp³-hybridized carbons (Fsp3) is 0.667. The van der Waals surface area contributed by atoms with Crippen LogP contribution in [0.1, 0.15) is 0 Å². The molecule has 0 radical (unpaired) electrons. The van der Waals surface area contributed by atoms with Crippen LogP contribution in [0.25, 0.3) is 0 Å². The first-order valence-electron chi connectivity index (χ1n) is 1.96. The predicted molar refractivity (Wildman–Crippen MR) is 22.3 cm³/mol. The van der Waals surface area contributed by atoms with Crippen molar-refractivity contribution in [2.24, 2.45) is 5.84 Å². The van der Waals surface area contributed by atoms with Gasteiger partial charge in [0.15, 0.2) is 0 Å². The summed E-state index contributed by atoms with van der Waals surface area (Å²) in [4.78, 5) is 9.85. The van der Waals surface area contributed by atoms with Crippen molar-refractivity contribution in [3.8, 4) is 0 Å². The number of carboxylic acid groups (broad SMARTS) is 1. The summed E-state index contributed by atoms with van der Waals surface area (Å²) in [5, 5.41) is 9.37. The molecule has 1 saturated heterocycles. The van der Waals surface area contributed by atoms with Gasteiger partial charge in [-0.1, -0.05) is 0 Å². The highest BCUT2D eigenvalue weighted by molar-refractivity contribution is 5.76. The number of rotatable bonds is 1. The monoisotopic (exact) mass is 102 g/mol. The maximum absolute atomic E-state index is 9.85. The molecule has 0 aliphatic carbocycles. The summed E-state index contributed by atoms with van der Waals surface area (Å²) in [5.74, 6) is 4.19. The molecular weight excluding hydrogens is 96.0 g/mol. The maximum Gasteiger partial charge on any atom is 0.323 e. The number of hydrazine groups is 1. The Morgan fingerprint density at radius 2 is 2.43 bits per heavy atom. The second-order valence-corrected chi connectivity index (χ2v) is 1.55. The SMILES string of the molecule is NN1CC1C(=O)O. The average molecular weight is 102 g/mol. The molecule has 2 unspecified atom stereocenters. The highest BCUT2D eigenvalue weighted by atomic mass is 16.4. The molecule has 0 aromatic heterocycles. The highest BCUT2D eigenvalue weighted by Gasteiger charge is 2.37. The quantitative estimate of drug-likeness (QED) is 0.316. The van der Waals surface area contributed by atoms with Gasteiger partial charge in [-0.15, -0.1) is 0 Å². The second-order valence-electron chi connectivity index (χ2n) is 1.55. The molecule has 3 N–H and O–H groups in total. The van der Waals surface area contributed by atoms with E-state index < -0.39 is 12.0 Å². The second kappa shape index (κ2) is 1.18. The van der Waals surface area contributed by atoms with Crippen LogP contribution in [0.3, 0.4) is 0 Å². The maximum atomic E-state index is 9.85. The molecule has 0 bridgehead atoms. The fourth-order valence-electron chi connectivity index (χ4n) is 0.372. The molecule has 0 amide bonds. The lowest BCUT2D eigenvalue weighted by atomic mass is 10.5. The van der Waals surface area contributed by atoms with Crippen molar-refractivity contribution in [1.29, 1.82) is 0 Å². The summed E-state index contributed by atoms with van der Waals surface area (Å²) in [7, 11) is 0.